The van der Waals surface area contributed by atoms with E-state index >= 15 is 0 Å². The van der Waals surface area contributed by atoms with Gasteiger partial charge in [-0.2, -0.15) is 8.42 Å². The van der Waals surface area contributed by atoms with Gasteiger partial charge >= 0.3 is 16.3 Å². The number of thioether (sulfide) groups is 1. The van der Waals surface area contributed by atoms with E-state index in [1.54, 1.807) is 35.2 Å². The van der Waals surface area contributed by atoms with Crippen LogP contribution in [-0.4, -0.2) is 48.8 Å². The SMILES string of the molecule is COC(=O)[C@@H](Cc1ccccc1)C(=O)N[C@@H](Cc1ccc(NS(=O)(=O)O)cc1)C1=NC(c2cccs2)CS1. The quantitative estimate of drug-likeness (QED) is 0.180. The molecular weight excluding hydrogens is 547 g/mol. The summed E-state index contributed by atoms with van der Waals surface area (Å²) in [6, 6.07) is 19.2. The van der Waals surface area contributed by atoms with Gasteiger partial charge in [0.2, 0.25) is 5.91 Å². The summed E-state index contributed by atoms with van der Waals surface area (Å²) in [6.45, 7) is 0. The Hall–Kier alpha value is -3.19. The van der Waals surface area contributed by atoms with Crippen LogP contribution in [0.1, 0.15) is 22.0 Å². The third-order valence-corrected chi connectivity index (χ3v) is 8.52. The van der Waals surface area contributed by atoms with Gasteiger partial charge < -0.3 is 10.1 Å². The van der Waals surface area contributed by atoms with E-state index in [9.17, 15) is 18.0 Å². The Balaban J connectivity index is 1.57. The maximum Gasteiger partial charge on any atom is 0.357 e. The second-order valence-electron chi connectivity index (χ2n) is 8.61. The number of thiophene rings is 1. The topological polar surface area (TPSA) is 134 Å². The molecule has 200 valence electrons. The first-order valence-corrected chi connectivity index (χ1v) is 15.0. The molecule has 0 spiro atoms. The van der Waals surface area contributed by atoms with Crippen molar-refractivity contribution in [1.82, 2.24) is 5.32 Å². The summed E-state index contributed by atoms with van der Waals surface area (Å²) in [7, 11) is -3.13. The number of methoxy groups -OCH3 is 1. The van der Waals surface area contributed by atoms with E-state index in [2.05, 4.69) is 5.32 Å². The van der Waals surface area contributed by atoms with Crippen LogP contribution in [0.4, 0.5) is 5.69 Å². The van der Waals surface area contributed by atoms with Gasteiger partial charge in [-0.25, -0.2) is 0 Å². The Morgan fingerprint density at radius 1 is 1.05 bits per heavy atom. The largest absolute Gasteiger partial charge is 0.468 e. The molecule has 1 unspecified atom stereocenters. The Labute approximate surface area is 229 Å². The maximum absolute atomic E-state index is 13.4. The monoisotopic (exact) mass is 573 g/mol. The van der Waals surface area contributed by atoms with Crippen molar-refractivity contribution >= 4 is 56.0 Å². The highest BCUT2D eigenvalue weighted by Crippen LogP contribution is 2.34. The van der Waals surface area contributed by atoms with Crippen LogP contribution in [0.3, 0.4) is 0 Å². The smallest absolute Gasteiger partial charge is 0.357 e. The van der Waals surface area contributed by atoms with Crippen molar-refractivity contribution in [1.29, 1.82) is 0 Å². The van der Waals surface area contributed by atoms with Gasteiger partial charge in [0.25, 0.3) is 0 Å². The molecule has 3 aromatic rings. The molecule has 3 N–H and O–H groups in total. The number of rotatable bonds is 11. The zero-order valence-electron chi connectivity index (χ0n) is 20.4. The van der Waals surface area contributed by atoms with Gasteiger partial charge in [-0.3, -0.25) is 23.9 Å². The Kier molecular flexibility index (Phi) is 9.21. The van der Waals surface area contributed by atoms with E-state index in [0.717, 1.165) is 26.8 Å². The number of amides is 1. The Bertz CT molecular complexity index is 1380. The van der Waals surface area contributed by atoms with Crippen molar-refractivity contribution in [2.45, 2.75) is 24.9 Å². The van der Waals surface area contributed by atoms with Crippen molar-refractivity contribution < 1.29 is 27.3 Å². The van der Waals surface area contributed by atoms with Crippen LogP contribution < -0.4 is 10.0 Å². The number of benzene rings is 2. The lowest BCUT2D eigenvalue weighted by molar-refractivity contribution is -0.150. The van der Waals surface area contributed by atoms with Crippen LogP contribution >= 0.6 is 23.1 Å². The van der Waals surface area contributed by atoms with E-state index in [1.165, 1.54) is 19.2 Å². The van der Waals surface area contributed by atoms with E-state index in [-0.39, 0.29) is 18.2 Å². The molecule has 1 aliphatic rings. The summed E-state index contributed by atoms with van der Waals surface area (Å²) >= 11 is 3.19. The molecule has 3 atom stereocenters. The molecular formula is C26H27N3O6S3. The first-order chi connectivity index (χ1) is 18.2. The summed E-state index contributed by atoms with van der Waals surface area (Å²) < 4.78 is 38.2. The molecule has 1 aliphatic heterocycles. The van der Waals surface area contributed by atoms with Crippen LogP contribution in [0.5, 0.6) is 0 Å². The van der Waals surface area contributed by atoms with Gasteiger partial charge in [-0.1, -0.05) is 48.5 Å². The lowest BCUT2D eigenvalue weighted by atomic mass is 9.97. The molecule has 2 heterocycles. The zero-order chi connectivity index (χ0) is 27.1. The standard InChI is InChI=1S/C26H27N3O6S3/c1-35-26(31)20(14-17-6-3-2-4-7-17)24(30)27-21(25-28-22(16-37-25)23-8-5-13-36-23)15-18-9-11-19(12-10-18)29-38(32,33)34/h2-13,20-22,29H,14-16H2,1H3,(H,27,30)(H,32,33,34)/t20-,21-,22?/m0/s1. The molecule has 0 saturated carbocycles. The number of aliphatic imine (C=N–C) groups is 1. The number of carbonyl (C=O) groups is 2. The summed E-state index contributed by atoms with van der Waals surface area (Å²) in [6.07, 6.45) is 0.555. The second kappa shape index (κ2) is 12.6. The number of hydrogen-bond acceptors (Lipinski definition) is 8. The van der Waals surface area contributed by atoms with Gasteiger partial charge in [-0.15, -0.1) is 23.1 Å². The van der Waals surface area contributed by atoms with Crippen LogP contribution in [0.2, 0.25) is 0 Å². The van der Waals surface area contributed by atoms with Crippen LogP contribution in [0.25, 0.3) is 0 Å². The summed E-state index contributed by atoms with van der Waals surface area (Å²) in [5, 5.41) is 5.77. The van der Waals surface area contributed by atoms with Crippen molar-refractivity contribution in [2.24, 2.45) is 10.9 Å². The van der Waals surface area contributed by atoms with Gasteiger partial charge in [-0.05, 0) is 47.5 Å². The summed E-state index contributed by atoms with van der Waals surface area (Å²) in [5.74, 6) is -1.38. The van der Waals surface area contributed by atoms with Gasteiger partial charge in [0.05, 0.1) is 29.9 Å². The van der Waals surface area contributed by atoms with Crippen molar-refractivity contribution in [2.75, 3.05) is 17.6 Å². The molecule has 0 bridgehead atoms. The predicted octanol–water partition coefficient (Wildman–Crippen LogP) is 3.91. The van der Waals surface area contributed by atoms with Gasteiger partial charge in [0.1, 0.15) is 5.92 Å². The van der Waals surface area contributed by atoms with E-state index in [4.69, 9.17) is 14.3 Å². The fourth-order valence-corrected chi connectivity index (χ4v) is 6.48. The number of anilines is 1. The number of nitrogens with zero attached hydrogens (tertiary/aromatic N) is 1. The zero-order valence-corrected chi connectivity index (χ0v) is 22.9. The third kappa shape index (κ3) is 7.67. The van der Waals surface area contributed by atoms with Crippen LogP contribution in [0, 0.1) is 5.92 Å². The summed E-state index contributed by atoms with van der Waals surface area (Å²) in [4.78, 5) is 32.1. The highest BCUT2D eigenvalue weighted by molar-refractivity contribution is 8.14. The number of hydrogen-bond donors (Lipinski definition) is 3. The van der Waals surface area contributed by atoms with E-state index < -0.39 is 34.1 Å². The molecule has 0 aliphatic carbocycles. The molecule has 4 rings (SSSR count). The molecule has 0 fully saturated rings. The second-order valence-corrected chi connectivity index (χ2v) is 11.8. The molecule has 38 heavy (non-hydrogen) atoms. The minimum atomic E-state index is -4.39. The number of esters is 1. The number of ether oxygens (including phenoxy) is 1. The van der Waals surface area contributed by atoms with Crippen molar-refractivity contribution in [3.8, 4) is 0 Å². The average molecular weight is 574 g/mol. The molecule has 0 radical (unpaired) electrons. The summed E-state index contributed by atoms with van der Waals surface area (Å²) in [5.41, 5.74) is 1.84. The highest BCUT2D eigenvalue weighted by Gasteiger charge is 2.33. The molecule has 9 nitrogen and oxygen atoms in total. The third-order valence-electron chi connectivity index (χ3n) is 5.88. The average Bonchev–Trinajstić information content (AvgIpc) is 3.60. The van der Waals surface area contributed by atoms with Crippen LogP contribution in [-0.2, 0) is 37.5 Å². The number of nitrogens with one attached hydrogen (secondary N) is 2. The van der Waals surface area contributed by atoms with E-state index in [0.29, 0.717) is 6.42 Å². The van der Waals surface area contributed by atoms with Crippen molar-refractivity contribution in [3.05, 3.63) is 88.1 Å². The highest BCUT2D eigenvalue weighted by atomic mass is 32.2. The van der Waals surface area contributed by atoms with E-state index in [1.807, 2.05) is 52.6 Å². The minimum Gasteiger partial charge on any atom is -0.468 e. The number of carbonyl (C=O) groups excluding carboxylic acids is 2. The fraction of sp³-hybridized carbons (Fsp3) is 0.269. The lowest BCUT2D eigenvalue weighted by Crippen LogP contribution is -2.46. The predicted molar refractivity (Wildman–Crippen MR) is 150 cm³/mol. The van der Waals surface area contributed by atoms with Crippen molar-refractivity contribution in [3.63, 3.8) is 0 Å². The Morgan fingerprint density at radius 3 is 2.39 bits per heavy atom. The molecule has 12 heteroatoms. The Morgan fingerprint density at radius 2 is 1.76 bits per heavy atom. The lowest BCUT2D eigenvalue weighted by Gasteiger charge is -2.22. The van der Waals surface area contributed by atoms with Gasteiger partial charge in [0, 0.05) is 10.6 Å². The first-order valence-electron chi connectivity index (χ1n) is 11.7. The maximum atomic E-state index is 13.4. The molecule has 1 amide bonds. The molecule has 2 aromatic carbocycles. The molecule has 0 saturated heterocycles. The first kappa shape index (κ1) is 27.8. The molecule has 1 aromatic heterocycles. The minimum absolute atomic E-state index is 0.0172. The van der Waals surface area contributed by atoms with Crippen LogP contribution in [0.15, 0.2) is 77.1 Å². The fourth-order valence-electron chi connectivity index (χ4n) is 4.05. The van der Waals surface area contributed by atoms with Gasteiger partial charge in [0.15, 0.2) is 0 Å². The normalized spacial score (nSPS) is 16.8.